The summed E-state index contributed by atoms with van der Waals surface area (Å²) < 4.78 is 10.2. The van der Waals surface area contributed by atoms with Crippen molar-refractivity contribution in [3.63, 3.8) is 0 Å². The van der Waals surface area contributed by atoms with Gasteiger partial charge in [0.2, 0.25) is 0 Å². The number of nitrogens with one attached hydrogen (secondary N) is 1. The van der Waals surface area contributed by atoms with E-state index < -0.39 is 0 Å². The van der Waals surface area contributed by atoms with Crippen molar-refractivity contribution in [3.05, 3.63) is 101 Å². The number of benzene rings is 3. The van der Waals surface area contributed by atoms with Crippen LogP contribution in [0.3, 0.4) is 0 Å². The van der Waals surface area contributed by atoms with Crippen LogP contribution in [0.2, 0.25) is 0 Å². The first-order valence-corrected chi connectivity index (χ1v) is 11.7. The van der Waals surface area contributed by atoms with Crippen LogP contribution in [0.25, 0.3) is 11.3 Å². The minimum atomic E-state index is -0.360. The van der Waals surface area contributed by atoms with Gasteiger partial charge < -0.3 is 14.6 Å². The monoisotopic (exact) mass is 472 g/mol. The van der Waals surface area contributed by atoms with Gasteiger partial charge >= 0.3 is 5.97 Å². The molecule has 4 rings (SSSR count). The van der Waals surface area contributed by atoms with E-state index >= 15 is 0 Å². The third-order valence-corrected chi connectivity index (χ3v) is 6.58. The Bertz CT molecular complexity index is 1330. The van der Waals surface area contributed by atoms with Crippen LogP contribution in [0.5, 0.6) is 0 Å². The lowest BCUT2D eigenvalue weighted by Gasteiger charge is -2.10. The van der Waals surface area contributed by atoms with Gasteiger partial charge in [0.1, 0.15) is 0 Å². The van der Waals surface area contributed by atoms with E-state index in [1.54, 1.807) is 30.0 Å². The van der Waals surface area contributed by atoms with Crippen LogP contribution in [0.1, 0.15) is 37.5 Å². The molecule has 0 bridgehead atoms. The quantitative estimate of drug-likeness (QED) is 0.251. The Balaban J connectivity index is 1.44. The Kier molecular flexibility index (Phi) is 7.13. The Morgan fingerprint density at radius 2 is 1.74 bits per heavy atom. The van der Waals surface area contributed by atoms with E-state index in [0.29, 0.717) is 22.8 Å². The van der Waals surface area contributed by atoms with Gasteiger partial charge in [0.25, 0.3) is 5.91 Å². The Hall–Kier alpha value is -3.84. The second-order valence-corrected chi connectivity index (χ2v) is 8.82. The highest BCUT2D eigenvalue weighted by Crippen LogP contribution is 2.30. The van der Waals surface area contributed by atoms with Crippen LogP contribution in [0.15, 0.2) is 82.2 Å². The van der Waals surface area contributed by atoms with Crippen molar-refractivity contribution in [1.82, 2.24) is 5.16 Å². The highest BCUT2D eigenvalue weighted by molar-refractivity contribution is 7.98. The molecule has 1 amide bonds. The molecule has 34 heavy (non-hydrogen) atoms. The highest BCUT2D eigenvalue weighted by Gasteiger charge is 2.16. The maximum atomic E-state index is 12.8. The van der Waals surface area contributed by atoms with E-state index in [0.717, 1.165) is 21.6 Å². The normalized spacial score (nSPS) is 10.7. The number of carbonyl (C=O) groups excluding carboxylic acids is 2. The van der Waals surface area contributed by atoms with Crippen LogP contribution in [-0.4, -0.2) is 24.1 Å². The molecule has 0 aliphatic heterocycles. The number of nitrogens with zero attached hydrogens (tertiary/aromatic N) is 1. The number of methoxy groups -OCH3 is 1. The zero-order valence-electron chi connectivity index (χ0n) is 19.1. The number of anilines is 1. The number of thioether (sulfide) groups is 1. The van der Waals surface area contributed by atoms with Gasteiger partial charge in [-0.2, -0.15) is 0 Å². The number of esters is 1. The highest BCUT2D eigenvalue weighted by atomic mass is 32.2. The minimum absolute atomic E-state index is 0.214. The van der Waals surface area contributed by atoms with Gasteiger partial charge in [-0.1, -0.05) is 41.6 Å². The molecule has 0 fully saturated rings. The minimum Gasteiger partial charge on any atom is -0.465 e. The second kappa shape index (κ2) is 10.4. The van der Waals surface area contributed by atoms with Gasteiger partial charge in [0.15, 0.2) is 11.5 Å². The van der Waals surface area contributed by atoms with Crippen molar-refractivity contribution in [1.29, 1.82) is 0 Å². The zero-order valence-corrected chi connectivity index (χ0v) is 19.9. The molecule has 0 aliphatic carbocycles. The molecule has 6 nitrogen and oxygen atoms in total. The maximum Gasteiger partial charge on any atom is 0.337 e. The summed E-state index contributed by atoms with van der Waals surface area (Å²) in [4.78, 5) is 25.4. The first kappa shape index (κ1) is 23.3. The van der Waals surface area contributed by atoms with Crippen LogP contribution in [0.4, 0.5) is 5.69 Å². The summed E-state index contributed by atoms with van der Waals surface area (Å²) in [7, 11) is 1.36. The molecule has 7 heteroatoms. The number of carbonyl (C=O) groups is 2. The van der Waals surface area contributed by atoms with E-state index in [1.165, 1.54) is 12.7 Å². The molecular formula is C27H24N2O4S. The van der Waals surface area contributed by atoms with Crippen molar-refractivity contribution >= 4 is 29.3 Å². The molecule has 0 aliphatic rings. The van der Waals surface area contributed by atoms with Gasteiger partial charge in [-0.05, 0) is 60.9 Å². The Labute approximate surface area is 202 Å². The molecule has 3 aromatic carbocycles. The summed E-state index contributed by atoms with van der Waals surface area (Å²) in [6.45, 7) is 4.08. The van der Waals surface area contributed by atoms with Crippen LogP contribution in [0, 0.1) is 13.8 Å². The molecule has 4 aromatic rings. The first-order valence-electron chi connectivity index (χ1n) is 10.7. The molecule has 1 heterocycles. The number of para-hydroxylation sites is 1. The number of hydrogen-bond donors (Lipinski definition) is 1. The fourth-order valence-electron chi connectivity index (χ4n) is 3.31. The number of aryl methyl sites for hydroxylation is 2. The topological polar surface area (TPSA) is 81.4 Å². The van der Waals surface area contributed by atoms with E-state index in [1.807, 2.05) is 68.4 Å². The molecule has 0 atom stereocenters. The molecule has 0 unspecified atom stereocenters. The summed E-state index contributed by atoms with van der Waals surface area (Å²) in [6, 6.07) is 22.5. The molecule has 0 radical (unpaired) electrons. The average Bonchev–Trinajstić information content (AvgIpc) is 3.35. The Morgan fingerprint density at radius 3 is 2.47 bits per heavy atom. The molecule has 0 saturated carbocycles. The number of ether oxygens (including phenoxy) is 1. The lowest BCUT2D eigenvalue weighted by Crippen LogP contribution is -2.12. The summed E-state index contributed by atoms with van der Waals surface area (Å²) in [5, 5.41) is 6.90. The lowest BCUT2D eigenvalue weighted by molar-refractivity contribution is 0.0600. The molecule has 0 spiro atoms. The van der Waals surface area contributed by atoms with Gasteiger partial charge in [-0.15, -0.1) is 11.8 Å². The van der Waals surface area contributed by atoms with E-state index in [-0.39, 0.29) is 17.6 Å². The van der Waals surface area contributed by atoms with Crippen molar-refractivity contribution in [3.8, 4) is 11.3 Å². The largest absolute Gasteiger partial charge is 0.465 e. The zero-order chi connectivity index (χ0) is 24.1. The molecule has 172 valence electrons. The van der Waals surface area contributed by atoms with Gasteiger partial charge in [0, 0.05) is 22.3 Å². The molecule has 0 saturated heterocycles. The van der Waals surface area contributed by atoms with E-state index in [2.05, 4.69) is 10.5 Å². The van der Waals surface area contributed by atoms with Gasteiger partial charge in [-0.3, -0.25) is 4.79 Å². The maximum absolute atomic E-state index is 12.8. The van der Waals surface area contributed by atoms with Crippen molar-refractivity contribution in [2.75, 3.05) is 12.4 Å². The fraction of sp³-hybridized carbons (Fsp3) is 0.148. The summed E-state index contributed by atoms with van der Waals surface area (Å²) in [5.74, 6) is 0.524. The van der Waals surface area contributed by atoms with Crippen molar-refractivity contribution < 1.29 is 18.8 Å². The Morgan fingerprint density at radius 1 is 0.971 bits per heavy atom. The summed E-state index contributed by atoms with van der Waals surface area (Å²) >= 11 is 1.59. The fourth-order valence-corrected chi connectivity index (χ4v) is 4.28. The average molecular weight is 473 g/mol. The third kappa shape index (κ3) is 5.38. The number of hydrogen-bond acceptors (Lipinski definition) is 6. The lowest BCUT2D eigenvalue weighted by atomic mass is 10.0. The number of amides is 1. The van der Waals surface area contributed by atoms with Gasteiger partial charge in [-0.25, -0.2) is 4.79 Å². The van der Waals surface area contributed by atoms with Gasteiger partial charge in [0.05, 0.1) is 18.4 Å². The number of rotatable bonds is 7. The van der Waals surface area contributed by atoms with Crippen LogP contribution in [-0.2, 0) is 10.5 Å². The van der Waals surface area contributed by atoms with Crippen molar-refractivity contribution in [2.45, 2.75) is 24.5 Å². The summed E-state index contributed by atoms with van der Waals surface area (Å²) in [6.07, 6.45) is 0. The molecule has 1 N–H and O–H groups in total. The molecule has 1 aromatic heterocycles. The summed E-state index contributed by atoms with van der Waals surface area (Å²) in [5.41, 5.74) is 5.68. The van der Waals surface area contributed by atoms with Crippen LogP contribution >= 0.6 is 11.8 Å². The standard InChI is InChI=1S/C27H24N2O4S/c1-17-8-11-21(14-18(17)2)24-15-23(29-33-24)26(30)28-22-6-4-5-7-25(22)34-16-19-9-12-20(13-10-19)27(31)32-3/h4-15H,16H2,1-3H3,(H,28,30). The smallest absolute Gasteiger partial charge is 0.337 e. The number of aromatic nitrogens is 1. The second-order valence-electron chi connectivity index (χ2n) is 7.80. The third-order valence-electron chi connectivity index (χ3n) is 5.44. The predicted molar refractivity (Wildman–Crippen MR) is 133 cm³/mol. The SMILES string of the molecule is COC(=O)c1ccc(CSc2ccccc2NC(=O)c2cc(-c3ccc(C)c(C)c3)on2)cc1. The molecular weight excluding hydrogens is 448 g/mol. The van der Waals surface area contributed by atoms with Crippen LogP contribution < -0.4 is 5.32 Å². The van der Waals surface area contributed by atoms with E-state index in [4.69, 9.17) is 9.26 Å². The van der Waals surface area contributed by atoms with E-state index in [9.17, 15) is 9.59 Å². The predicted octanol–water partition coefficient (Wildman–Crippen LogP) is 6.29. The first-order chi connectivity index (χ1) is 16.4. The van der Waals surface area contributed by atoms with Crippen molar-refractivity contribution in [2.24, 2.45) is 0 Å².